The molecule has 2 atom stereocenters. The van der Waals surface area contributed by atoms with E-state index in [4.69, 9.17) is 5.73 Å². The third kappa shape index (κ3) is 3.10. The fraction of sp³-hybridized carbons (Fsp3) is 0.692. The zero-order valence-electron chi connectivity index (χ0n) is 11.1. The maximum atomic E-state index is 12.0. The van der Waals surface area contributed by atoms with Crippen LogP contribution in [0.2, 0.25) is 0 Å². The van der Waals surface area contributed by atoms with Crippen LogP contribution in [-0.2, 0) is 11.8 Å². The Morgan fingerprint density at radius 2 is 2.28 bits per heavy atom. The topological polar surface area (TPSA) is 72.9 Å². The van der Waals surface area contributed by atoms with Crippen LogP contribution in [0.15, 0.2) is 6.07 Å². The molecule has 1 aromatic rings. The van der Waals surface area contributed by atoms with E-state index < -0.39 is 0 Å². The molecule has 2 rings (SSSR count). The third-order valence-electron chi connectivity index (χ3n) is 3.68. The van der Waals surface area contributed by atoms with Crippen molar-refractivity contribution >= 4 is 11.7 Å². The molecule has 1 aliphatic carbocycles. The molecule has 0 bridgehead atoms. The summed E-state index contributed by atoms with van der Waals surface area (Å²) in [5.74, 6) is 1.12. The summed E-state index contributed by atoms with van der Waals surface area (Å²) in [6.07, 6.45) is 5.02. The van der Waals surface area contributed by atoms with Crippen molar-refractivity contribution in [2.75, 3.05) is 5.32 Å². The fourth-order valence-electron chi connectivity index (χ4n) is 2.65. The second kappa shape index (κ2) is 5.52. The first-order chi connectivity index (χ1) is 8.56. The van der Waals surface area contributed by atoms with Crippen LogP contribution in [0, 0.1) is 12.8 Å². The summed E-state index contributed by atoms with van der Waals surface area (Å²) >= 11 is 0. The number of hydrogen-bond donors (Lipinski definition) is 2. The number of aryl methyl sites for hydroxylation is 2. The average Bonchev–Trinajstić information content (AvgIpc) is 2.61. The molecule has 1 fully saturated rings. The van der Waals surface area contributed by atoms with Crippen molar-refractivity contribution in [2.45, 2.75) is 45.1 Å². The van der Waals surface area contributed by atoms with Gasteiger partial charge in [0.25, 0.3) is 0 Å². The largest absolute Gasteiger partial charge is 0.327 e. The minimum Gasteiger partial charge on any atom is -0.327 e. The number of rotatable bonds is 3. The van der Waals surface area contributed by atoms with Gasteiger partial charge in [-0.15, -0.1) is 0 Å². The zero-order valence-corrected chi connectivity index (χ0v) is 11.1. The third-order valence-corrected chi connectivity index (χ3v) is 3.68. The Hall–Kier alpha value is -1.36. The summed E-state index contributed by atoms with van der Waals surface area (Å²) in [4.78, 5) is 12.0. The Morgan fingerprint density at radius 1 is 1.56 bits per heavy atom. The molecule has 1 aliphatic rings. The SMILES string of the molecule is Cc1cc(NC(=O)CC2CCCCC2N)n(C)n1. The van der Waals surface area contributed by atoms with Gasteiger partial charge in [0, 0.05) is 25.6 Å². The fourth-order valence-corrected chi connectivity index (χ4v) is 2.65. The van der Waals surface area contributed by atoms with Gasteiger partial charge in [0.2, 0.25) is 5.91 Å². The molecule has 0 aromatic carbocycles. The zero-order chi connectivity index (χ0) is 13.1. The van der Waals surface area contributed by atoms with E-state index in [0.29, 0.717) is 12.3 Å². The quantitative estimate of drug-likeness (QED) is 0.855. The van der Waals surface area contributed by atoms with Crippen molar-refractivity contribution in [3.63, 3.8) is 0 Å². The molecule has 0 spiro atoms. The lowest BCUT2D eigenvalue weighted by atomic mass is 9.83. The first-order valence-corrected chi connectivity index (χ1v) is 6.62. The Morgan fingerprint density at radius 3 is 2.89 bits per heavy atom. The Kier molecular flexibility index (Phi) is 4.01. The highest BCUT2D eigenvalue weighted by molar-refractivity contribution is 5.90. The van der Waals surface area contributed by atoms with Crippen molar-refractivity contribution in [1.82, 2.24) is 9.78 Å². The van der Waals surface area contributed by atoms with E-state index in [1.807, 2.05) is 20.0 Å². The van der Waals surface area contributed by atoms with E-state index in [-0.39, 0.29) is 11.9 Å². The molecule has 0 aliphatic heterocycles. The molecule has 1 amide bonds. The number of hydrogen-bond acceptors (Lipinski definition) is 3. The second-order valence-corrected chi connectivity index (χ2v) is 5.26. The normalized spacial score (nSPS) is 23.9. The number of amides is 1. The predicted molar refractivity (Wildman–Crippen MR) is 71.1 cm³/mol. The molecule has 5 heteroatoms. The van der Waals surface area contributed by atoms with Gasteiger partial charge in [-0.1, -0.05) is 12.8 Å². The number of carbonyl (C=O) groups is 1. The highest BCUT2D eigenvalue weighted by Crippen LogP contribution is 2.26. The smallest absolute Gasteiger partial charge is 0.225 e. The molecular formula is C13H22N4O. The van der Waals surface area contributed by atoms with E-state index in [1.54, 1.807) is 4.68 Å². The van der Waals surface area contributed by atoms with E-state index >= 15 is 0 Å². The molecule has 5 nitrogen and oxygen atoms in total. The molecule has 1 saturated carbocycles. The van der Waals surface area contributed by atoms with Crippen LogP contribution in [0.1, 0.15) is 37.8 Å². The lowest BCUT2D eigenvalue weighted by molar-refractivity contribution is -0.117. The van der Waals surface area contributed by atoms with Gasteiger partial charge in [0.15, 0.2) is 0 Å². The highest BCUT2D eigenvalue weighted by atomic mass is 16.1. The molecule has 100 valence electrons. The standard InChI is InChI=1S/C13H22N4O/c1-9-7-12(17(2)16-9)15-13(18)8-10-5-3-4-6-11(10)14/h7,10-11H,3-6,8,14H2,1-2H3,(H,15,18). The van der Waals surface area contributed by atoms with Gasteiger partial charge < -0.3 is 11.1 Å². The molecular weight excluding hydrogens is 228 g/mol. The van der Waals surface area contributed by atoms with Gasteiger partial charge in [0.05, 0.1) is 5.69 Å². The summed E-state index contributed by atoms with van der Waals surface area (Å²) in [6.45, 7) is 1.91. The average molecular weight is 250 g/mol. The minimum absolute atomic E-state index is 0.0420. The number of nitrogens with zero attached hydrogens (tertiary/aromatic N) is 2. The van der Waals surface area contributed by atoms with Crippen molar-refractivity contribution < 1.29 is 4.79 Å². The van der Waals surface area contributed by atoms with Crippen molar-refractivity contribution in [3.05, 3.63) is 11.8 Å². The lowest BCUT2D eigenvalue weighted by Crippen LogP contribution is -2.35. The van der Waals surface area contributed by atoms with Crippen LogP contribution < -0.4 is 11.1 Å². The van der Waals surface area contributed by atoms with E-state index in [9.17, 15) is 4.79 Å². The first kappa shape index (κ1) is 13.1. The summed E-state index contributed by atoms with van der Waals surface area (Å²) < 4.78 is 1.69. The van der Waals surface area contributed by atoms with E-state index in [2.05, 4.69) is 10.4 Å². The number of carbonyl (C=O) groups excluding carboxylic acids is 1. The monoisotopic (exact) mass is 250 g/mol. The number of nitrogens with two attached hydrogens (primary N) is 1. The Labute approximate surface area is 108 Å². The van der Waals surface area contributed by atoms with Gasteiger partial charge in [-0.3, -0.25) is 9.48 Å². The van der Waals surface area contributed by atoms with Crippen molar-refractivity contribution in [3.8, 4) is 0 Å². The molecule has 1 heterocycles. The summed E-state index contributed by atoms with van der Waals surface area (Å²) in [7, 11) is 1.83. The highest BCUT2D eigenvalue weighted by Gasteiger charge is 2.24. The van der Waals surface area contributed by atoms with Gasteiger partial charge in [-0.25, -0.2) is 0 Å². The summed E-state index contributed by atoms with van der Waals surface area (Å²) in [6, 6.07) is 2.05. The summed E-state index contributed by atoms with van der Waals surface area (Å²) in [5.41, 5.74) is 6.96. The van der Waals surface area contributed by atoms with Crippen LogP contribution in [0.25, 0.3) is 0 Å². The molecule has 0 saturated heterocycles. The number of anilines is 1. The van der Waals surface area contributed by atoms with E-state index in [1.165, 1.54) is 12.8 Å². The van der Waals surface area contributed by atoms with Crippen LogP contribution >= 0.6 is 0 Å². The first-order valence-electron chi connectivity index (χ1n) is 6.62. The number of aromatic nitrogens is 2. The number of nitrogens with one attached hydrogen (secondary N) is 1. The minimum atomic E-state index is 0.0420. The maximum absolute atomic E-state index is 12.0. The molecule has 0 radical (unpaired) electrons. The van der Waals surface area contributed by atoms with Crippen molar-refractivity contribution in [1.29, 1.82) is 0 Å². The van der Waals surface area contributed by atoms with Gasteiger partial charge >= 0.3 is 0 Å². The lowest BCUT2D eigenvalue weighted by Gasteiger charge is -2.27. The Bertz CT molecular complexity index is 427. The van der Waals surface area contributed by atoms with Crippen LogP contribution in [-0.4, -0.2) is 21.7 Å². The van der Waals surface area contributed by atoms with Gasteiger partial charge in [0.1, 0.15) is 5.82 Å². The van der Waals surface area contributed by atoms with Gasteiger partial charge in [-0.2, -0.15) is 5.10 Å². The van der Waals surface area contributed by atoms with E-state index in [0.717, 1.165) is 24.4 Å². The van der Waals surface area contributed by atoms with Gasteiger partial charge in [-0.05, 0) is 25.7 Å². The van der Waals surface area contributed by atoms with Crippen LogP contribution in [0.5, 0.6) is 0 Å². The molecule has 3 N–H and O–H groups in total. The Balaban J connectivity index is 1.90. The molecule has 1 aromatic heterocycles. The molecule has 2 unspecified atom stereocenters. The second-order valence-electron chi connectivity index (χ2n) is 5.26. The summed E-state index contributed by atoms with van der Waals surface area (Å²) in [5, 5.41) is 7.11. The van der Waals surface area contributed by atoms with Crippen LogP contribution in [0.3, 0.4) is 0 Å². The maximum Gasteiger partial charge on any atom is 0.225 e. The van der Waals surface area contributed by atoms with Crippen LogP contribution in [0.4, 0.5) is 5.82 Å². The predicted octanol–water partition coefficient (Wildman–Crippen LogP) is 1.57. The molecule has 18 heavy (non-hydrogen) atoms. The van der Waals surface area contributed by atoms with Crippen molar-refractivity contribution in [2.24, 2.45) is 18.7 Å².